The van der Waals surface area contributed by atoms with E-state index in [1.165, 1.54) is 33.8 Å². The van der Waals surface area contributed by atoms with Gasteiger partial charge in [-0.3, -0.25) is 0 Å². The van der Waals surface area contributed by atoms with Gasteiger partial charge in [0, 0.05) is 54.2 Å². The Hall–Kier alpha value is -2.82. The van der Waals surface area contributed by atoms with E-state index in [4.69, 9.17) is 10.2 Å². The van der Waals surface area contributed by atoms with Gasteiger partial charge in [-0.2, -0.15) is 0 Å². The standard InChI is InChI=1S/C38H54N2O2/c1-30(22-24-35-37(2,3)31-18-10-12-20-33(31)39(35)26-14-6-8-16-28-41)23-25-36-38(4,5)32-19-11-13-21-34(32)40(36)27-15-7-9-17-29-42/h10-13,18-25,35,41-42H,6-9,14-17,26-29H2,1-5H3/b24-22+,30-23+,36-25+. The lowest BCUT2D eigenvalue weighted by Gasteiger charge is -2.32. The summed E-state index contributed by atoms with van der Waals surface area (Å²) in [6, 6.07) is 18.1. The second kappa shape index (κ2) is 14.6. The van der Waals surface area contributed by atoms with Crippen LogP contribution in [0.15, 0.2) is 84.1 Å². The molecule has 0 aromatic heterocycles. The van der Waals surface area contributed by atoms with Crippen molar-refractivity contribution in [2.24, 2.45) is 0 Å². The van der Waals surface area contributed by atoms with Gasteiger partial charge in [0.25, 0.3) is 0 Å². The van der Waals surface area contributed by atoms with Crippen molar-refractivity contribution in [3.05, 3.63) is 95.2 Å². The third kappa shape index (κ3) is 7.03. The molecule has 228 valence electrons. The minimum absolute atomic E-state index is 0.0266. The van der Waals surface area contributed by atoms with E-state index in [-0.39, 0.29) is 17.4 Å². The summed E-state index contributed by atoms with van der Waals surface area (Å²) in [5.74, 6) is 0. The predicted molar refractivity (Wildman–Crippen MR) is 180 cm³/mol. The van der Waals surface area contributed by atoms with Crippen LogP contribution in [0.1, 0.15) is 97.1 Å². The number of unbranched alkanes of at least 4 members (excludes halogenated alkanes) is 6. The van der Waals surface area contributed by atoms with E-state index in [1.807, 2.05) is 0 Å². The molecule has 2 aliphatic heterocycles. The van der Waals surface area contributed by atoms with Crippen molar-refractivity contribution < 1.29 is 10.2 Å². The van der Waals surface area contributed by atoms with E-state index >= 15 is 0 Å². The summed E-state index contributed by atoms with van der Waals surface area (Å²) in [6.07, 6.45) is 17.9. The first-order chi connectivity index (χ1) is 20.2. The lowest BCUT2D eigenvalue weighted by atomic mass is 9.80. The number of para-hydroxylation sites is 2. The fourth-order valence-corrected chi connectivity index (χ4v) is 6.95. The predicted octanol–water partition coefficient (Wildman–Crippen LogP) is 8.44. The van der Waals surface area contributed by atoms with E-state index in [1.54, 1.807) is 0 Å². The monoisotopic (exact) mass is 570 g/mol. The number of allylic oxidation sites excluding steroid dienone is 5. The molecule has 2 aromatic carbocycles. The van der Waals surface area contributed by atoms with Gasteiger partial charge in [-0.05, 0) is 61.9 Å². The maximum absolute atomic E-state index is 9.17. The van der Waals surface area contributed by atoms with E-state index in [9.17, 15) is 0 Å². The minimum atomic E-state index is -0.0515. The van der Waals surface area contributed by atoms with Crippen molar-refractivity contribution in [1.29, 1.82) is 0 Å². The van der Waals surface area contributed by atoms with Gasteiger partial charge in [0.05, 0.1) is 6.04 Å². The molecule has 4 rings (SSSR count). The first-order valence-corrected chi connectivity index (χ1v) is 16.3. The summed E-state index contributed by atoms with van der Waals surface area (Å²) in [4.78, 5) is 5.13. The first kappa shape index (κ1) is 32.1. The molecule has 0 aliphatic carbocycles. The second-order valence-electron chi connectivity index (χ2n) is 13.3. The molecule has 0 spiro atoms. The molecule has 0 fully saturated rings. The Balaban J connectivity index is 1.54. The van der Waals surface area contributed by atoms with Crippen LogP contribution in [-0.4, -0.2) is 42.6 Å². The van der Waals surface area contributed by atoms with Crippen LogP contribution in [0, 0.1) is 0 Å². The Bertz CT molecular complexity index is 1260. The van der Waals surface area contributed by atoms with Crippen LogP contribution in [0.25, 0.3) is 0 Å². The molecule has 0 radical (unpaired) electrons. The zero-order chi connectivity index (χ0) is 30.2. The van der Waals surface area contributed by atoms with Crippen molar-refractivity contribution >= 4 is 11.4 Å². The number of benzene rings is 2. The van der Waals surface area contributed by atoms with E-state index < -0.39 is 0 Å². The van der Waals surface area contributed by atoms with Gasteiger partial charge in [-0.15, -0.1) is 0 Å². The highest BCUT2D eigenvalue weighted by Gasteiger charge is 2.42. The van der Waals surface area contributed by atoms with Crippen molar-refractivity contribution in [3.8, 4) is 0 Å². The maximum Gasteiger partial charge on any atom is 0.0568 e. The number of fused-ring (bicyclic) bond motifs is 2. The normalized spacial score (nSPS) is 20.1. The SMILES string of the molecule is CC(/C=C/C1N(CCCCCCO)c2ccccc2C1(C)C)=C\C=C1\N(CCCCCCO)c2ccccc2C1(C)C. The van der Waals surface area contributed by atoms with Crippen molar-refractivity contribution in [3.63, 3.8) is 0 Å². The van der Waals surface area contributed by atoms with Gasteiger partial charge in [-0.25, -0.2) is 0 Å². The van der Waals surface area contributed by atoms with Gasteiger partial charge in [0.2, 0.25) is 0 Å². The van der Waals surface area contributed by atoms with Crippen LogP contribution >= 0.6 is 0 Å². The molecule has 4 nitrogen and oxygen atoms in total. The van der Waals surface area contributed by atoms with Gasteiger partial charge in [0.1, 0.15) is 0 Å². The Kier molecular flexibility index (Phi) is 11.1. The Labute approximate surface area is 255 Å². The summed E-state index contributed by atoms with van der Waals surface area (Å²) in [6.45, 7) is 14.3. The summed E-state index contributed by atoms with van der Waals surface area (Å²) in [5.41, 5.74) is 8.11. The van der Waals surface area contributed by atoms with Crippen LogP contribution < -0.4 is 9.80 Å². The topological polar surface area (TPSA) is 46.9 Å². The Morgan fingerprint density at radius 2 is 1.31 bits per heavy atom. The van der Waals surface area contributed by atoms with Crippen LogP contribution in [-0.2, 0) is 10.8 Å². The summed E-state index contributed by atoms with van der Waals surface area (Å²) in [7, 11) is 0. The van der Waals surface area contributed by atoms with Crippen LogP contribution in [0.3, 0.4) is 0 Å². The zero-order valence-electron chi connectivity index (χ0n) is 26.8. The quantitative estimate of drug-likeness (QED) is 0.167. The molecular formula is C38H54N2O2. The highest BCUT2D eigenvalue weighted by atomic mass is 16.3. The molecule has 4 heteroatoms. The summed E-state index contributed by atoms with van der Waals surface area (Å²) in [5, 5.41) is 18.3. The molecule has 0 saturated heterocycles. The Morgan fingerprint density at radius 3 is 1.98 bits per heavy atom. The van der Waals surface area contributed by atoms with Crippen LogP contribution in [0.4, 0.5) is 11.4 Å². The number of nitrogens with zero attached hydrogens (tertiary/aromatic N) is 2. The molecule has 2 heterocycles. The number of hydrogen-bond acceptors (Lipinski definition) is 4. The Morgan fingerprint density at radius 1 is 0.738 bits per heavy atom. The van der Waals surface area contributed by atoms with Gasteiger partial charge in [0.15, 0.2) is 0 Å². The highest BCUT2D eigenvalue weighted by Crippen LogP contribution is 2.48. The van der Waals surface area contributed by atoms with Crippen molar-refractivity contribution in [1.82, 2.24) is 0 Å². The minimum Gasteiger partial charge on any atom is -0.396 e. The zero-order valence-corrected chi connectivity index (χ0v) is 26.8. The van der Waals surface area contributed by atoms with E-state index in [0.717, 1.165) is 64.5 Å². The lowest BCUT2D eigenvalue weighted by molar-refractivity contribution is 0.282. The average molecular weight is 571 g/mol. The molecule has 1 unspecified atom stereocenters. The summed E-state index contributed by atoms with van der Waals surface area (Å²) < 4.78 is 0. The number of aliphatic hydroxyl groups excluding tert-OH is 2. The highest BCUT2D eigenvalue weighted by molar-refractivity contribution is 5.71. The third-order valence-corrected chi connectivity index (χ3v) is 9.42. The number of hydrogen-bond donors (Lipinski definition) is 2. The van der Waals surface area contributed by atoms with E-state index in [0.29, 0.717) is 12.6 Å². The van der Waals surface area contributed by atoms with Crippen LogP contribution in [0.5, 0.6) is 0 Å². The molecule has 0 saturated carbocycles. The van der Waals surface area contributed by atoms with Crippen molar-refractivity contribution in [2.45, 2.75) is 103 Å². The molecule has 2 aromatic rings. The van der Waals surface area contributed by atoms with E-state index in [2.05, 4.69) is 117 Å². The fourth-order valence-electron chi connectivity index (χ4n) is 6.95. The first-order valence-electron chi connectivity index (χ1n) is 16.3. The molecule has 0 amide bonds. The van der Waals surface area contributed by atoms with Gasteiger partial charge >= 0.3 is 0 Å². The van der Waals surface area contributed by atoms with Gasteiger partial charge < -0.3 is 20.0 Å². The van der Waals surface area contributed by atoms with Crippen LogP contribution in [0.2, 0.25) is 0 Å². The third-order valence-electron chi connectivity index (χ3n) is 9.42. The lowest BCUT2D eigenvalue weighted by Crippen LogP contribution is -2.40. The maximum atomic E-state index is 9.17. The average Bonchev–Trinajstić information content (AvgIpc) is 3.33. The number of aliphatic hydroxyl groups is 2. The number of rotatable bonds is 15. The smallest absolute Gasteiger partial charge is 0.0568 e. The van der Waals surface area contributed by atoms with Gasteiger partial charge in [-0.1, -0.05) is 114 Å². The molecule has 42 heavy (non-hydrogen) atoms. The summed E-state index contributed by atoms with van der Waals surface area (Å²) >= 11 is 0. The molecule has 2 N–H and O–H groups in total. The second-order valence-corrected chi connectivity index (χ2v) is 13.3. The molecule has 0 bridgehead atoms. The molecule has 1 atom stereocenters. The fraction of sp³-hybridized carbons (Fsp3) is 0.526. The number of anilines is 2. The largest absolute Gasteiger partial charge is 0.396 e. The molecule has 2 aliphatic rings. The molecular weight excluding hydrogens is 516 g/mol. The van der Waals surface area contributed by atoms with Crippen molar-refractivity contribution in [2.75, 3.05) is 36.1 Å².